The number of nitrogens with one attached hydrogen (secondary N) is 1. The molecule has 2 N–H and O–H groups in total. The molecule has 2 aliphatic rings. The van der Waals surface area contributed by atoms with E-state index < -0.39 is 0 Å². The van der Waals surface area contributed by atoms with Crippen molar-refractivity contribution in [2.45, 2.75) is 50.7 Å². The van der Waals surface area contributed by atoms with Crippen LogP contribution < -0.4 is 5.32 Å². The van der Waals surface area contributed by atoms with Gasteiger partial charge in [0.1, 0.15) is 0 Å². The van der Waals surface area contributed by atoms with Gasteiger partial charge < -0.3 is 24.8 Å². The number of hydrogen-bond acceptors (Lipinski definition) is 5. The van der Waals surface area contributed by atoms with E-state index in [1.165, 1.54) is 19.3 Å². The van der Waals surface area contributed by atoms with Gasteiger partial charge in [-0.3, -0.25) is 4.79 Å². The fraction of sp³-hybridized carbons (Fsp3) is 0.938. The Bertz CT molecular complexity index is 315. The lowest BCUT2D eigenvalue weighted by Gasteiger charge is -2.30. The summed E-state index contributed by atoms with van der Waals surface area (Å²) in [7, 11) is 0. The largest absolute Gasteiger partial charge is 0.394 e. The van der Waals surface area contributed by atoms with Crippen LogP contribution >= 0.6 is 0 Å². The Labute approximate surface area is 133 Å². The lowest BCUT2D eigenvalue weighted by Crippen LogP contribution is -2.47. The number of nitrogens with zero attached hydrogens (tertiary/aromatic N) is 1. The van der Waals surface area contributed by atoms with E-state index >= 15 is 0 Å². The fourth-order valence-corrected chi connectivity index (χ4v) is 3.06. The third-order valence-corrected chi connectivity index (χ3v) is 4.36. The molecule has 0 radical (unpaired) electrons. The van der Waals surface area contributed by atoms with Gasteiger partial charge in [0.05, 0.1) is 25.4 Å². The highest BCUT2D eigenvalue weighted by Crippen LogP contribution is 2.11. The molecule has 2 heterocycles. The van der Waals surface area contributed by atoms with E-state index in [-0.39, 0.29) is 24.7 Å². The maximum absolute atomic E-state index is 12.0. The van der Waals surface area contributed by atoms with E-state index in [0.29, 0.717) is 13.0 Å². The Morgan fingerprint density at radius 3 is 2.68 bits per heavy atom. The average Bonchev–Trinajstić information content (AvgIpc) is 2.56. The summed E-state index contributed by atoms with van der Waals surface area (Å²) >= 11 is 0. The highest BCUT2D eigenvalue weighted by Gasteiger charge is 2.18. The molecule has 2 aliphatic heterocycles. The predicted molar refractivity (Wildman–Crippen MR) is 83.7 cm³/mol. The van der Waals surface area contributed by atoms with Gasteiger partial charge in [-0.2, -0.15) is 0 Å². The van der Waals surface area contributed by atoms with Gasteiger partial charge >= 0.3 is 0 Å². The topological polar surface area (TPSA) is 71.0 Å². The van der Waals surface area contributed by atoms with Crippen molar-refractivity contribution in [1.82, 2.24) is 10.2 Å². The van der Waals surface area contributed by atoms with Crippen LogP contribution in [0.25, 0.3) is 0 Å². The van der Waals surface area contributed by atoms with E-state index in [1.807, 2.05) is 0 Å². The minimum atomic E-state index is -0.173. The number of aliphatic hydroxyl groups is 1. The first-order valence-electron chi connectivity index (χ1n) is 8.60. The maximum Gasteiger partial charge on any atom is 0.222 e. The summed E-state index contributed by atoms with van der Waals surface area (Å²) in [5, 5.41) is 12.4. The number of hydrogen-bond donors (Lipinski definition) is 2. The molecular weight excluding hydrogens is 284 g/mol. The van der Waals surface area contributed by atoms with Crippen molar-refractivity contribution in [3.05, 3.63) is 0 Å². The number of carbonyl (C=O) groups excluding carboxylic acids is 1. The Morgan fingerprint density at radius 2 is 2.00 bits per heavy atom. The monoisotopic (exact) mass is 314 g/mol. The number of carbonyl (C=O) groups is 1. The number of aliphatic hydroxyl groups excluding tert-OH is 1. The molecule has 6 heteroatoms. The van der Waals surface area contributed by atoms with Gasteiger partial charge in [-0.15, -0.1) is 0 Å². The summed E-state index contributed by atoms with van der Waals surface area (Å²) in [6.07, 6.45) is 6.12. The summed E-state index contributed by atoms with van der Waals surface area (Å²) in [6, 6.07) is -0.173. The van der Waals surface area contributed by atoms with E-state index in [1.54, 1.807) is 0 Å². The van der Waals surface area contributed by atoms with Crippen molar-refractivity contribution in [3.63, 3.8) is 0 Å². The third kappa shape index (κ3) is 6.60. The van der Waals surface area contributed by atoms with E-state index in [2.05, 4.69) is 10.2 Å². The van der Waals surface area contributed by atoms with Crippen LogP contribution in [-0.2, 0) is 14.3 Å². The molecule has 1 atom stereocenters. The first kappa shape index (κ1) is 17.7. The SMILES string of the molecule is O=C(CCOC1CCOCC1)N[C@@H](CO)CN1CCCCC1. The van der Waals surface area contributed by atoms with Crippen molar-refractivity contribution in [3.8, 4) is 0 Å². The van der Waals surface area contributed by atoms with Crippen LogP contribution in [0, 0.1) is 0 Å². The predicted octanol–water partition coefficient (Wildman–Crippen LogP) is 0.535. The molecule has 1 amide bonds. The van der Waals surface area contributed by atoms with Crippen LogP contribution in [0.5, 0.6) is 0 Å². The van der Waals surface area contributed by atoms with Crippen molar-refractivity contribution < 1.29 is 19.4 Å². The maximum atomic E-state index is 12.0. The average molecular weight is 314 g/mol. The van der Waals surface area contributed by atoms with Crippen LogP contribution in [-0.4, -0.2) is 74.1 Å². The van der Waals surface area contributed by atoms with Crippen LogP contribution in [0.3, 0.4) is 0 Å². The number of likely N-dealkylation sites (tertiary alicyclic amines) is 1. The molecule has 0 aromatic rings. The second kappa shape index (κ2) is 10.2. The van der Waals surface area contributed by atoms with E-state index in [9.17, 15) is 9.90 Å². The van der Waals surface area contributed by atoms with Gasteiger partial charge in [0.25, 0.3) is 0 Å². The lowest BCUT2D eigenvalue weighted by atomic mass is 10.1. The minimum Gasteiger partial charge on any atom is -0.394 e. The quantitative estimate of drug-likeness (QED) is 0.684. The summed E-state index contributed by atoms with van der Waals surface area (Å²) in [4.78, 5) is 14.3. The van der Waals surface area contributed by atoms with E-state index in [4.69, 9.17) is 9.47 Å². The van der Waals surface area contributed by atoms with Gasteiger partial charge in [-0.25, -0.2) is 0 Å². The zero-order valence-corrected chi connectivity index (χ0v) is 13.5. The smallest absolute Gasteiger partial charge is 0.222 e. The van der Waals surface area contributed by atoms with Crippen molar-refractivity contribution in [2.24, 2.45) is 0 Å². The Hall–Kier alpha value is -0.690. The Morgan fingerprint density at radius 1 is 1.27 bits per heavy atom. The molecule has 0 unspecified atom stereocenters. The molecule has 0 aromatic carbocycles. The molecule has 22 heavy (non-hydrogen) atoms. The first-order valence-corrected chi connectivity index (χ1v) is 8.60. The second-order valence-electron chi connectivity index (χ2n) is 6.24. The summed E-state index contributed by atoms with van der Waals surface area (Å²) in [5.41, 5.74) is 0. The molecule has 0 spiro atoms. The third-order valence-electron chi connectivity index (χ3n) is 4.36. The molecule has 2 fully saturated rings. The molecule has 0 aliphatic carbocycles. The first-order chi connectivity index (χ1) is 10.8. The van der Waals surface area contributed by atoms with Gasteiger partial charge in [-0.05, 0) is 38.8 Å². The summed E-state index contributed by atoms with van der Waals surface area (Å²) < 4.78 is 11.0. The van der Waals surface area contributed by atoms with Crippen LogP contribution in [0.1, 0.15) is 38.5 Å². The van der Waals surface area contributed by atoms with E-state index in [0.717, 1.165) is 45.7 Å². The highest BCUT2D eigenvalue weighted by atomic mass is 16.5. The standard InChI is InChI=1S/C16H30N2O4/c19-13-14(12-18-7-2-1-3-8-18)17-16(20)6-11-22-15-4-9-21-10-5-15/h14-15,19H,1-13H2,(H,17,20)/t14-/m1/s1. The number of rotatable bonds is 8. The summed E-state index contributed by atoms with van der Waals surface area (Å²) in [6.45, 7) is 4.81. The van der Waals surface area contributed by atoms with Crippen LogP contribution in [0.4, 0.5) is 0 Å². The molecular formula is C16H30N2O4. The van der Waals surface area contributed by atoms with Gasteiger partial charge in [0.15, 0.2) is 0 Å². The summed E-state index contributed by atoms with van der Waals surface area (Å²) in [5.74, 6) is -0.0388. The lowest BCUT2D eigenvalue weighted by molar-refractivity contribution is -0.124. The fourth-order valence-electron chi connectivity index (χ4n) is 3.06. The van der Waals surface area contributed by atoms with Gasteiger partial charge in [0, 0.05) is 26.2 Å². The van der Waals surface area contributed by atoms with Crippen molar-refractivity contribution in [2.75, 3.05) is 46.1 Å². The molecule has 0 bridgehead atoms. The number of amides is 1. The molecule has 0 aromatic heterocycles. The van der Waals surface area contributed by atoms with Gasteiger partial charge in [0.2, 0.25) is 5.91 Å². The van der Waals surface area contributed by atoms with Crippen LogP contribution in [0.2, 0.25) is 0 Å². The highest BCUT2D eigenvalue weighted by molar-refractivity contribution is 5.76. The zero-order chi connectivity index (χ0) is 15.6. The number of ether oxygens (including phenoxy) is 2. The Balaban J connectivity index is 1.59. The van der Waals surface area contributed by atoms with Crippen LogP contribution in [0.15, 0.2) is 0 Å². The van der Waals surface area contributed by atoms with Crippen molar-refractivity contribution >= 4 is 5.91 Å². The second-order valence-corrected chi connectivity index (χ2v) is 6.24. The molecule has 6 nitrogen and oxygen atoms in total. The molecule has 128 valence electrons. The molecule has 2 saturated heterocycles. The minimum absolute atomic E-state index is 0.0109. The zero-order valence-electron chi connectivity index (χ0n) is 13.5. The Kier molecular flexibility index (Phi) is 8.15. The molecule has 0 saturated carbocycles. The number of piperidine rings is 1. The normalized spacial score (nSPS) is 22.4. The van der Waals surface area contributed by atoms with Crippen molar-refractivity contribution in [1.29, 1.82) is 0 Å². The molecule has 2 rings (SSSR count). The van der Waals surface area contributed by atoms with Gasteiger partial charge in [-0.1, -0.05) is 6.42 Å².